The van der Waals surface area contributed by atoms with Crippen LogP contribution in [0.2, 0.25) is 0 Å². The van der Waals surface area contributed by atoms with Gasteiger partial charge in [-0.3, -0.25) is 4.79 Å². The number of nitrogens with zero attached hydrogens (tertiary/aromatic N) is 1. The molecule has 0 saturated carbocycles. The van der Waals surface area contributed by atoms with E-state index in [1.165, 1.54) is 13.2 Å². The van der Waals surface area contributed by atoms with E-state index in [0.29, 0.717) is 10.4 Å². The van der Waals surface area contributed by atoms with Crippen molar-refractivity contribution in [3.8, 4) is 5.88 Å². The van der Waals surface area contributed by atoms with Crippen molar-refractivity contribution >= 4 is 21.8 Å². The summed E-state index contributed by atoms with van der Waals surface area (Å²) >= 11 is 3.19. The Hall–Kier alpha value is -1.10. The van der Waals surface area contributed by atoms with Crippen LogP contribution in [0.25, 0.3) is 0 Å². The molecule has 0 aliphatic rings. The minimum Gasteiger partial charge on any atom is -0.481 e. The van der Waals surface area contributed by atoms with E-state index in [1.54, 1.807) is 6.07 Å². The average molecular weight is 231 g/mol. The molecule has 0 aliphatic carbocycles. The molecule has 12 heavy (non-hydrogen) atoms. The number of halogens is 1. The lowest BCUT2D eigenvalue weighted by atomic mass is 10.3. The monoisotopic (exact) mass is 230 g/mol. The van der Waals surface area contributed by atoms with E-state index in [4.69, 9.17) is 10.5 Å². The van der Waals surface area contributed by atoms with Crippen LogP contribution in [0.4, 0.5) is 0 Å². The van der Waals surface area contributed by atoms with Gasteiger partial charge >= 0.3 is 0 Å². The second kappa shape index (κ2) is 3.53. The zero-order valence-electron chi connectivity index (χ0n) is 6.37. The second-order valence-corrected chi connectivity index (χ2v) is 2.99. The molecule has 5 heteroatoms. The predicted octanol–water partition coefficient (Wildman–Crippen LogP) is 0.952. The second-order valence-electron chi connectivity index (χ2n) is 2.08. The lowest BCUT2D eigenvalue weighted by molar-refractivity contribution is 0.0994. The third kappa shape index (κ3) is 1.94. The van der Waals surface area contributed by atoms with Gasteiger partial charge in [0.25, 0.3) is 5.91 Å². The minimum atomic E-state index is -0.574. The molecule has 0 radical (unpaired) electrons. The van der Waals surface area contributed by atoms with Crippen molar-refractivity contribution < 1.29 is 9.53 Å². The Morgan fingerprint density at radius 2 is 2.33 bits per heavy atom. The number of amides is 1. The van der Waals surface area contributed by atoms with E-state index in [2.05, 4.69) is 20.9 Å². The number of ether oxygens (including phenoxy) is 1. The van der Waals surface area contributed by atoms with Gasteiger partial charge in [-0.2, -0.15) is 0 Å². The summed E-state index contributed by atoms with van der Waals surface area (Å²) in [7, 11) is 1.47. The van der Waals surface area contributed by atoms with Crippen molar-refractivity contribution in [2.45, 2.75) is 0 Å². The summed E-state index contributed by atoms with van der Waals surface area (Å²) < 4.78 is 5.55. The number of rotatable bonds is 2. The van der Waals surface area contributed by atoms with Gasteiger partial charge in [0.05, 0.1) is 7.11 Å². The number of methoxy groups -OCH3 is 1. The summed E-state index contributed by atoms with van der Waals surface area (Å²) in [5, 5.41) is 0. The molecular formula is C7H7BrN2O2. The molecule has 1 aromatic heterocycles. The smallest absolute Gasteiger partial charge is 0.267 e. The number of carbonyl (C=O) groups excluding carboxylic acids is 1. The third-order valence-corrected chi connectivity index (χ3v) is 1.69. The summed E-state index contributed by atoms with van der Waals surface area (Å²) in [4.78, 5) is 14.5. The van der Waals surface area contributed by atoms with Crippen LogP contribution in [0.3, 0.4) is 0 Å². The van der Waals surface area contributed by atoms with Crippen LogP contribution in [-0.2, 0) is 0 Å². The van der Waals surface area contributed by atoms with Gasteiger partial charge in [0.2, 0.25) is 5.88 Å². The van der Waals surface area contributed by atoms with E-state index in [9.17, 15) is 4.79 Å². The molecule has 0 bridgehead atoms. The molecule has 1 aromatic rings. The van der Waals surface area contributed by atoms with Crippen LogP contribution in [0.1, 0.15) is 10.5 Å². The number of hydrogen-bond donors (Lipinski definition) is 1. The van der Waals surface area contributed by atoms with Crippen LogP contribution >= 0.6 is 15.9 Å². The van der Waals surface area contributed by atoms with E-state index in [1.807, 2.05) is 0 Å². The third-order valence-electron chi connectivity index (χ3n) is 1.23. The normalized spacial score (nSPS) is 9.50. The molecular weight excluding hydrogens is 224 g/mol. The Morgan fingerprint density at radius 3 is 2.83 bits per heavy atom. The van der Waals surface area contributed by atoms with E-state index in [0.717, 1.165) is 0 Å². The maximum atomic E-state index is 10.7. The molecule has 0 saturated heterocycles. The molecule has 0 aromatic carbocycles. The Bertz CT molecular complexity index is 314. The molecule has 1 heterocycles. The summed E-state index contributed by atoms with van der Waals surface area (Å²) in [6.07, 6.45) is 0. The maximum absolute atomic E-state index is 10.7. The fraction of sp³-hybridized carbons (Fsp3) is 0.143. The number of nitrogens with two attached hydrogens (primary N) is 1. The number of aromatic nitrogens is 1. The molecule has 1 rings (SSSR count). The number of pyridine rings is 1. The van der Waals surface area contributed by atoms with Crippen LogP contribution in [-0.4, -0.2) is 18.0 Å². The van der Waals surface area contributed by atoms with Crippen molar-refractivity contribution in [2.24, 2.45) is 5.73 Å². The molecule has 2 N–H and O–H groups in total. The van der Waals surface area contributed by atoms with Crippen LogP contribution in [0.15, 0.2) is 16.6 Å². The van der Waals surface area contributed by atoms with E-state index >= 15 is 0 Å². The molecule has 0 unspecified atom stereocenters. The van der Waals surface area contributed by atoms with Crippen LogP contribution < -0.4 is 10.5 Å². The van der Waals surface area contributed by atoms with E-state index in [-0.39, 0.29) is 5.69 Å². The average Bonchev–Trinajstić information content (AvgIpc) is 2.03. The quantitative estimate of drug-likeness (QED) is 0.823. The van der Waals surface area contributed by atoms with Gasteiger partial charge in [-0.25, -0.2) is 4.98 Å². The van der Waals surface area contributed by atoms with Crippen molar-refractivity contribution in [2.75, 3.05) is 7.11 Å². The number of carbonyl (C=O) groups is 1. The minimum absolute atomic E-state index is 0.182. The molecule has 0 aliphatic heterocycles. The number of primary amides is 1. The van der Waals surface area contributed by atoms with Crippen molar-refractivity contribution in [1.82, 2.24) is 4.98 Å². The first-order valence-electron chi connectivity index (χ1n) is 3.15. The fourth-order valence-corrected chi connectivity index (χ4v) is 1.12. The predicted molar refractivity (Wildman–Crippen MR) is 47.0 cm³/mol. The van der Waals surface area contributed by atoms with Gasteiger partial charge in [-0.05, 0) is 6.07 Å². The van der Waals surface area contributed by atoms with Crippen molar-refractivity contribution in [1.29, 1.82) is 0 Å². The lowest BCUT2D eigenvalue weighted by Crippen LogP contribution is -2.13. The topological polar surface area (TPSA) is 65.2 Å². The maximum Gasteiger partial charge on any atom is 0.267 e. The first-order chi connectivity index (χ1) is 5.63. The Labute approximate surface area is 77.9 Å². The highest BCUT2D eigenvalue weighted by atomic mass is 79.9. The summed E-state index contributed by atoms with van der Waals surface area (Å²) in [5.41, 5.74) is 5.21. The van der Waals surface area contributed by atoms with Crippen LogP contribution in [0, 0.1) is 0 Å². The highest BCUT2D eigenvalue weighted by Crippen LogP contribution is 2.16. The first kappa shape index (κ1) is 8.99. The fourth-order valence-electron chi connectivity index (χ4n) is 0.704. The Morgan fingerprint density at radius 1 is 1.67 bits per heavy atom. The van der Waals surface area contributed by atoms with Crippen molar-refractivity contribution in [3.05, 3.63) is 22.3 Å². The first-order valence-corrected chi connectivity index (χ1v) is 3.94. The van der Waals surface area contributed by atoms with Gasteiger partial charge < -0.3 is 10.5 Å². The molecule has 64 valence electrons. The van der Waals surface area contributed by atoms with Gasteiger partial charge in [-0.15, -0.1) is 0 Å². The standard InChI is InChI=1S/C7H7BrN2O2/c1-12-6-3-4(8)2-5(10-6)7(9)11/h2-3H,1H3,(H2,9,11). The molecule has 1 amide bonds. The molecule has 0 atom stereocenters. The summed E-state index contributed by atoms with van der Waals surface area (Å²) in [5.74, 6) is -0.215. The van der Waals surface area contributed by atoms with E-state index < -0.39 is 5.91 Å². The van der Waals surface area contributed by atoms with Crippen LogP contribution in [0.5, 0.6) is 5.88 Å². The highest BCUT2D eigenvalue weighted by Gasteiger charge is 2.05. The zero-order chi connectivity index (χ0) is 9.14. The van der Waals surface area contributed by atoms with Gasteiger partial charge in [0.1, 0.15) is 5.69 Å². The van der Waals surface area contributed by atoms with Gasteiger partial charge in [-0.1, -0.05) is 15.9 Å². The number of hydrogen-bond acceptors (Lipinski definition) is 3. The summed E-state index contributed by atoms with van der Waals surface area (Å²) in [6.45, 7) is 0. The largest absolute Gasteiger partial charge is 0.481 e. The zero-order valence-corrected chi connectivity index (χ0v) is 7.96. The van der Waals surface area contributed by atoms with Gasteiger partial charge in [0, 0.05) is 10.5 Å². The van der Waals surface area contributed by atoms with Crippen molar-refractivity contribution in [3.63, 3.8) is 0 Å². The molecule has 0 fully saturated rings. The van der Waals surface area contributed by atoms with Gasteiger partial charge in [0.15, 0.2) is 0 Å². The summed E-state index contributed by atoms with van der Waals surface area (Å²) in [6, 6.07) is 3.18. The molecule has 0 spiro atoms. The molecule has 4 nitrogen and oxygen atoms in total. The lowest BCUT2D eigenvalue weighted by Gasteiger charge is -2.00. The SMILES string of the molecule is COc1cc(Br)cc(C(N)=O)n1. The highest BCUT2D eigenvalue weighted by molar-refractivity contribution is 9.10. The Kier molecular flexibility index (Phi) is 2.65. The Balaban J connectivity index is 3.15.